The third-order valence-electron chi connectivity index (χ3n) is 4.45. The second kappa shape index (κ2) is 7.04. The zero-order valence-corrected chi connectivity index (χ0v) is 15.1. The third-order valence-corrected chi connectivity index (χ3v) is 6.41. The maximum atomic E-state index is 12.1. The molecule has 0 bridgehead atoms. The van der Waals surface area contributed by atoms with Crippen molar-refractivity contribution in [3.8, 4) is 0 Å². The third kappa shape index (κ3) is 3.56. The molecule has 26 heavy (non-hydrogen) atoms. The van der Waals surface area contributed by atoms with Crippen LogP contribution in [-0.4, -0.2) is 67.8 Å². The SMILES string of the molecule is CN1Cc2c(NC(=O)C(=O)NCCN3CCCS3(=O)=O)cccc2C1=O. The predicted molar refractivity (Wildman–Crippen MR) is 93.9 cm³/mol. The van der Waals surface area contributed by atoms with Gasteiger partial charge in [-0.3, -0.25) is 14.4 Å². The van der Waals surface area contributed by atoms with Crippen LogP contribution in [0.4, 0.5) is 5.69 Å². The van der Waals surface area contributed by atoms with E-state index in [9.17, 15) is 22.8 Å². The fourth-order valence-corrected chi connectivity index (χ4v) is 4.61. The molecular weight excluding hydrogens is 360 g/mol. The number of carbonyl (C=O) groups excluding carboxylic acids is 3. The summed E-state index contributed by atoms with van der Waals surface area (Å²) in [7, 11) is -1.57. The van der Waals surface area contributed by atoms with Gasteiger partial charge in [-0.25, -0.2) is 12.7 Å². The molecule has 0 unspecified atom stereocenters. The molecule has 2 N–H and O–H groups in total. The van der Waals surface area contributed by atoms with Gasteiger partial charge in [-0.1, -0.05) is 6.07 Å². The molecule has 0 spiro atoms. The first-order valence-electron chi connectivity index (χ1n) is 8.24. The molecule has 1 aromatic carbocycles. The number of nitrogens with zero attached hydrogens (tertiary/aromatic N) is 2. The van der Waals surface area contributed by atoms with E-state index in [1.54, 1.807) is 25.2 Å². The summed E-state index contributed by atoms with van der Waals surface area (Å²) >= 11 is 0. The first kappa shape index (κ1) is 18.3. The lowest BCUT2D eigenvalue weighted by atomic mass is 10.1. The molecule has 2 heterocycles. The number of hydrogen-bond donors (Lipinski definition) is 2. The highest BCUT2D eigenvalue weighted by Crippen LogP contribution is 2.28. The van der Waals surface area contributed by atoms with Gasteiger partial charge in [0.2, 0.25) is 10.0 Å². The van der Waals surface area contributed by atoms with Crippen LogP contribution in [0.15, 0.2) is 18.2 Å². The number of anilines is 1. The highest BCUT2D eigenvalue weighted by atomic mass is 32.2. The average Bonchev–Trinajstić information content (AvgIpc) is 3.08. The van der Waals surface area contributed by atoms with Crippen LogP contribution in [0.2, 0.25) is 0 Å². The van der Waals surface area contributed by atoms with Crippen LogP contribution >= 0.6 is 0 Å². The van der Waals surface area contributed by atoms with Crippen LogP contribution in [0.1, 0.15) is 22.3 Å². The van der Waals surface area contributed by atoms with E-state index in [1.807, 2.05) is 0 Å². The molecule has 3 rings (SSSR count). The average molecular weight is 380 g/mol. The number of fused-ring (bicyclic) bond motifs is 1. The Hall–Kier alpha value is -2.46. The number of sulfonamides is 1. The summed E-state index contributed by atoms with van der Waals surface area (Å²) < 4.78 is 24.7. The summed E-state index contributed by atoms with van der Waals surface area (Å²) in [4.78, 5) is 37.5. The molecule has 0 radical (unpaired) electrons. The normalized spacial score (nSPS) is 18.7. The van der Waals surface area contributed by atoms with Crippen LogP contribution in [0, 0.1) is 0 Å². The number of rotatable bonds is 4. The van der Waals surface area contributed by atoms with Crippen molar-refractivity contribution in [3.63, 3.8) is 0 Å². The number of benzene rings is 1. The molecular formula is C16H20N4O5S. The van der Waals surface area contributed by atoms with E-state index in [1.165, 1.54) is 9.21 Å². The topological polar surface area (TPSA) is 116 Å². The van der Waals surface area contributed by atoms with Crippen molar-refractivity contribution in [1.29, 1.82) is 0 Å². The Morgan fingerprint density at radius 1 is 1.23 bits per heavy atom. The van der Waals surface area contributed by atoms with Gasteiger partial charge in [0.1, 0.15) is 0 Å². The molecule has 2 aliphatic heterocycles. The van der Waals surface area contributed by atoms with Gasteiger partial charge < -0.3 is 15.5 Å². The van der Waals surface area contributed by atoms with Crippen LogP contribution in [0.5, 0.6) is 0 Å². The lowest BCUT2D eigenvalue weighted by Crippen LogP contribution is -2.40. The minimum atomic E-state index is -3.23. The Kier molecular flexibility index (Phi) is 4.97. The van der Waals surface area contributed by atoms with Gasteiger partial charge in [0.25, 0.3) is 5.91 Å². The molecule has 0 aliphatic carbocycles. The zero-order valence-electron chi connectivity index (χ0n) is 14.3. The van der Waals surface area contributed by atoms with Crippen LogP contribution in [0.25, 0.3) is 0 Å². The second-order valence-electron chi connectivity index (χ2n) is 6.27. The minimum absolute atomic E-state index is 0.0552. The number of carbonyl (C=O) groups is 3. The quantitative estimate of drug-likeness (QED) is 0.674. The van der Waals surface area contributed by atoms with E-state index in [0.29, 0.717) is 36.3 Å². The van der Waals surface area contributed by atoms with Gasteiger partial charge in [0.15, 0.2) is 0 Å². The van der Waals surface area contributed by atoms with Gasteiger partial charge in [-0.05, 0) is 18.6 Å². The van der Waals surface area contributed by atoms with E-state index < -0.39 is 21.8 Å². The van der Waals surface area contributed by atoms with Gasteiger partial charge in [0, 0.05) is 50.0 Å². The number of hydrogen-bond acceptors (Lipinski definition) is 5. The largest absolute Gasteiger partial charge is 0.347 e. The van der Waals surface area contributed by atoms with Crippen LogP contribution < -0.4 is 10.6 Å². The van der Waals surface area contributed by atoms with Crippen molar-refractivity contribution in [1.82, 2.24) is 14.5 Å². The summed E-state index contributed by atoms with van der Waals surface area (Å²) in [5.74, 6) is -1.72. The van der Waals surface area contributed by atoms with E-state index >= 15 is 0 Å². The second-order valence-corrected chi connectivity index (χ2v) is 8.36. The first-order chi connectivity index (χ1) is 12.3. The van der Waals surface area contributed by atoms with Gasteiger partial charge in [-0.15, -0.1) is 0 Å². The Morgan fingerprint density at radius 3 is 2.69 bits per heavy atom. The van der Waals surface area contributed by atoms with E-state index in [-0.39, 0.29) is 24.7 Å². The van der Waals surface area contributed by atoms with Gasteiger partial charge in [0.05, 0.1) is 5.75 Å². The molecule has 1 fully saturated rings. The van der Waals surface area contributed by atoms with Crippen LogP contribution in [0.3, 0.4) is 0 Å². The molecule has 140 valence electrons. The van der Waals surface area contributed by atoms with Gasteiger partial charge >= 0.3 is 11.8 Å². The highest BCUT2D eigenvalue weighted by Gasteiger charge is 2.29. The first-order valence-corrected chi connectivity index (χ1v) is 9.85. The zero-order chi connectivity index (χ0) is 18.9. The Balaban J connectivity index is 1.56. The van der Waals surface area contributed by atoms with E-state index in [4.69, 9.17) is 0 Å². The molecule has 9 nitrogen and oxygen atoms in total. The standard InChI is InChI=1S/C16H20N4O5S/c1-19-10-12-11(16(19)23)4-2-5-13(12)18-15(22)14(21)17-6-8-20-7-3-9-26(20,24)25/h2,4-5H,3,6-10H2,1H3,(H,17,21)(H,18,22). The van der Waals surface area contributed by atoms with Crippen molar-refractivity contribution in [3.05, 3.63) is 29.3 Å². The molecule has 10 heteroatoms. The van der Waals surface area contributed by atoms with Crippen molar-refractivity contribution < 1.29 is 22.8 Å². The summed E-state index contributed by atoms with van der Waals surface area (Å²) in [6, 6.07) is 4.95. The molecule has 1 aromatic rings. The molecule has 2 aliphatic rings. The molecule has 0 aromatic heterocycles. The molecule has 1 saturated heterocycles. The number of nitrogens with one attached hydrogen (secondary N) is 2. The van der Waals surface area contributed by atoms with Gasteiger partial charge in [-0.2, -0.15) is 0 Å². The monoisotopic (exact) mass is 380 g/mol. The summed E-state index contributed by atoms with van der Waals surface area (Å²) in [5, 5.41) is 4.93. The van der Waals surface area contributed by atoms with Crippen molar-refractivity contribution in [2.24, 2.45) is 0 Å². The fraction of sp³-hybridized carbons (Fsp3) is 0.438. The minimum Gasteiger partial charge on any atom is -0.347 e. The Bertz CT molecular complexity index is 867. The summed E-state index contributed by atoms with van der Waals surface area (Å²) in [5.41, 5.74) is 1.59. The lowest BCUT2D eigenvalue weighted by molar-refractivity contribution is -0.136. The Labute approximate surface area is 151 Å². The molecule has 3 amide bonds. The maximum absolute atomic E-state index is 12.1. The smallest absolute Gasteiger partial charge is 0.313 e. The summed E-state index contributed by atoms with van der Waals surface area (Å²) in [6.45, 7) is 0.988. The maximum Gasteiger partial charge on any atom is 0.313 e. The van der Waals surface area contributed by atoms with Crippen molar-refractivity contribution in [2.45, 2.75) is 13.0 Å². The van der Waals surface area contributed by atoms with E-state index in [2.05, 4.69) is 10.6 Å². The number of amides is 3. The lowest BCUT2D eigenvalue weighted by Gasteiger charge is -2.14. The fourth-order valence-electron chi connectivity index (χ4n) is 3.09. The molecule has 0 saturated carbocycles. The Morgan fingerprint density at radius 2 is 2.00 bits per heavy atom. The van der Waals surface area contributed by atoms with Crippen molar-refractivity contribution >= 4 is 33.4 Å². The van der Waals surface area contributed by atoms with Crippen molar-refractivity contribution in [2.75, 3.05) is 37.8 Å². The van der Waals surface area contributed by atoms with E-state index in [0.717, 1.165) is 0 Å². The summed E-state index contributed by atoms with van der Waals surface area (Å²) in [6.07, 6.45) is 0.572. The molecule has 0 atom stereocenters. The predicted octanol–water partition coefficient (Wildman–Crippen LogP) is -0.638. The highest BCUT2D eigenvalue weighted by molar-refractivity contribution is 7.89. The van der Waals surface area contributed by atoms with Crippen LogP contribution in [-0.2, 0) is 26.2 Å².